The third-order valence-corrected chi connectivity index (χ3v) is 11.9. The summed E-state index contributed by atoms with van der Waals surface area (Å²) in [6.45, 7) is 4.56. The quantitative estimate of drug-likeness (QED) is 0.213. The van der Waals surface area contributed by atoms with E-state index in [0.717, 1.165) is 12.6 Å². The summed E-state index contributed by atoms with van der Waals surface area (Å²) in [5.74, 6) is 0.726. The molecule has 3 aromatic rings. The van der Waals surface area contributed by atoms with Crippen molar-refractivity contribution in [3.8, 4) is 0 Å². The van der Waals surface area contributed by atoms with Crippen LogP contribution in [0.2, 0.25) is 0 Å². The summed E-state index contributed by atoms with van der Waals surface area (Å²) in [4.78, 5) is 4.15. The van der Waals surface area contributed by atoms with Crippen LogP contribution < -0.4 is 38.4 Å². The van der Waals surface area contributed by atoms with E-state index in [1.165, 1.54) is 21.5 Å². The third kappa shape index (κ3) is 4.16. The van der Waals surface area contributed by atoms with Crippen LogP contribution in [0, 0.1) is 5.92 Å². The second-order valence-corrected chi connectivity index (χ2v) is 13.1. The van der Waals surface area contributed by atoms with E-state index in [9.17, 15) is 0 Å². The molecule has 0 aliphatic carbocycles. The molecule has 0 saturated heterocycles. The Bertz CT molecular complexity index is 1040. The zero-order valence-electron chi connectivity index (χ0n) is 18.8. The second kappa shape index (κ2) is 9.03. The molecule has 0 radical (unpaired) electrons. The van der Waals surface area contributed by atoms with Gasteiger partial charge < -0.3 is 0 Å². The second-order valence-electron chi connectivity index (χ2n) is 9.16. The molecule has 0 spiro atoms. The zero-order valence-corrected chi connectivity index (χ0v) is 19.8. The van der Waals surface area contributed by atoms with Crippen LogP contribution in [0.5, 0.6) is 0 Å². The molecule has 2 atom stereocenters. The Balaban J connectivity index is 1.99. The molecule has 5 nitrogen and oxygen atoms in total. The van der Waals surface area contributed by atoms with Gasteiger partial charge in [-0.3, -0.25) is 0 Å². The normalized spacial score (nSPS) is 23.8. The first-order valence-corrected chi connectivity index (χ1v) is 13.4. The molecule has 32 heavy (non-hydrogen) atoms. The van der Waals surface area contributed by atoms with Crippen LogP contribution in [0.1, 0.15) is 25.8 Å². The fourth-order valence-electron chi connectivity index (χ4n) is 5.60. The number of nitrogens with one attached hydrogen (secondary N) is 1. The van der Waals surface area contributed by atoms with Crippen LogP contribution in [0.15, 0.2) is 89.9 Å². The van der Waals surface area contributed by atoms with Crippen molar-refractivity contribution < 1.29 is 0 Å². The molecule has 0 aromatic heterocycles. The van der Waals surface area contributed by atoms with E-state index in [4.69, 9.17) is 17.2 Å². The zero-order chi connectivity index (χ0) is 22.8. The van der Waals surface area contributed by atoms with Crippen molar-refractivity contribution in [2.45, 2.75) is 32.1 Å². The predicted molar refractivity (Wildman–Crippen MR) is 139 cm³/mol. The van der Waals surface area contributed by atoms with Gasteiger partial charge in [-0.25, -0.2) is 0 Å². The summed E-state index contributed by atoms with van der Waals surface area (Å²) in [5.41, 5.74) is 18.4. The fraction of sp³-hybridized carbons (Fsp3) is 0.269. The van der Waals surface area contributed by atoms with E-state index < -0.39 is 19.1 Å². The SMILES string of the molecule is CC1CC(C)(N/C(N)=N/C(N)N)c2ccccc2[PH](c2ccccc2)(c2ccccc2)C1. The third-order valence-electron chi connectivity index (χ3n) is 6.62. The Labute approximate surface area is 191 Å². The number of fused-ring (bicyclic) bond motifs is 1. The average molecular weight is 448 g/mol. The Morgan fingerprint density at radius 3 is 2.03 bits per heavy atom. The Hall–Kier alpha value is -2.72. The van der Waals surface area contributed by atoms with E-state index in [-0.39, 0.29) is 5.96 Å². The van der Waals surface area contributed by atoms with Gasteiger partial charge in [0.15, 0.2) is 0 Å². The fourth-order valence-corrected chi connectivity index (χ4v) is 11.2. The first-order valence-electron chi connectivity index (χ1n) is 11.2. The maximum absolute atomic E-state index is 6.22. The van der Waals surface area contributed by atoms with Crippen molar-refractivity contribution in [1.29, 1.82) is 0 Å². The van der Waals surface area contributed by atoms with Gasteiger partial charge in [0, 0.05) is 0 Å². The molecule has 1 aliphatic rings. The topological polar surface area (TPSA) is 102 Å². The van der Waals surface area contributed by atoms with E-state index in [2.05, 4.69) is 109 Å². The predicted octanol–water partition coefficient (Wildman–Crippen LogP) is 2.07. The average Bonchev–Trinajstić information content (AvgIpc) is 2.87. The number of hydrogen-bond donors (Lipinski definition) is 4. The van der Waals surface area contributed by atoms with Gasteiger partial charge in [0.2, 0.25) is 0 Å². The minimum absolute atomic E-state index is 0.276. The number of nitrogens with zero attached hydrogens (tertiary/aromatic N) is 1. The molecule has 7 N–H and O–H groups in total. The minimum atomic E-state index is -2.31. The van der Waals surface area contributed by atoms with Gasteiger partial charge in [-0.05, 0) is 0 Å². The van der Waals surface area contributed by atoms with E-state index in [1.807, 2.05) is 0 Å². The molecule has 4 rings (SSSR count). The van der Waals surface area contributed by atoms with Crippen molar-refractivity contribution >= 4 is 29.1 Å². The molecule has 2 unspecified atom stereocenters. The van der Waals surface area contributed by atoms with Crippen molar-refractivity contribution in [3.63, 3.8) is 0 Å². The van der Waals surface area contributed by atoms with Crippen LogP contribution in [0.4, 0.5) is 0 Å². The van der Waals surface area contributed by atoms with Crippen LogP contribution in [0.25, 0.3) is 0 Å². The van der Waals surface area contributed by atoms with Gasteiger partial charge in [0.25, 0.3) is 0 Å². The molecule has 0 bridgehead atoms. The van der Waals surface area contributed by atoms with Crippen molar-refractivity contribution in [3.05, 3.63) is 90.5 Å². The standard InChI is InChI=1S/C26H34N5P/c1-19-17-26(2,31-25(29)30-24(27)28)22-15-9-10-16-23(22)32(18-19,20-11-5-3-6-12-20)21-13-7-4-8-14-21/h3-16,19,24,32H,17-18,27-28H2,1-2H3,(H3,29,30,31). The van der Waals surface area contributed by atoms with Gasteiger partial charge in [0.1, 0.15) is 0 Å². The van der Waals surface area contributed by atoms with Gasteiger partial charge in [0.05, 0.1) is 0 Å². The number of guanidine groups is 1. The van der Waals surface area contributed by atoms with Gasteiger partial charge in [-0.2, -0.15) is 0 Å². The summed E-state index contributed by atoms with van der Waals surface area (Å²) in [6.07, 6.45) is 1.20. The van der Waals surface area contributed by atoms with Crippen molar-refractivity contribution in [1.82, 2.24) is 5.32 Å². The molecular formula is C26H34N5P. The Kier molecular flexibility index (Phi) is 6.34. The number of aliphatic imine (C=N–C) groups is 1. The Morgan fingerprint density at radius 1 is 0.938 bits per heavy atom. The molecule has 3 aromatic carbocycles. The van der Waals surface area contributed by atoms with Crippen LogP contribution in [0.3, 0.4) is 0 Å². The van der Waals surface area contributed by atoms with Crippen LogP contribution in [-0.2, 0) is 5.54 Å². The van der Waals surface area contributed by atoms with E-state index in [1.54, 1.807) is 0 Å². The molecule has 1 heterocycles. The first-order chi connectivity index (χ1) is 15.3. The summed E-state index contributed by atoms with van der Waals surface area (Å²) in [6, 6.07) is 30.9. The van der Waals surface area contributed by atoms with Crippen LogP contribution >= 0.6 is 7.26 Å². The molecule has 6 heteroatoms. The summed E-state index contributed by atoms with van der Waals surface area (Å²) < 4.78 is 0. The molecular weight excluding hydrogens is 413 g/mol. The van der Waals surface area contributed by atoms with Crippen molar-refractivity contribution in [2.24, 2.45) is 28.1 Å². The summed E-state index contributed by atoms with van der Waals surface area (Å²) >= 11 is 0. The van der Waals surface area contributed by atoms with Crippen molar-refractivity contribution in [2.75, 3.05) is 6.16 Å². The Morgan fingerprint density at radius 2 is 1.47 bits per heavy atom. The summed E-state index contributed by atoms with van der Waals surface area (Å²) in [7, 11) is -2.31. The van der Waals surface area contributed by atoms with Gasteiger partial charge in [-0.1, -0.05) is 0 Å². The maximum atomic E-state index is 6.22. The van der Waals surface area contributed by atoms with E-state index >= 15 is 0 Å². The molecule has 0 amide bonds. The first kappa shape index (κ1) is 22.5. The monoisotopic (exact) mass is 447 g/mol. The van der Waals surface area contributed by atoms with Crippen LogP contribution in [-0.4, -0.2) is 18.4 Å². The van der Waals surface area contributed by atoms with Gasteiger partial charge >= 0.3 is 191 Å². The molecule has 168 valence electrons. The van der Waals surface area contributed by atoms with Gasteiger partial charge in [-0.15, -0.1) is 0 Å². The summed E-state index contributed by atoms with van der Waals surface area (Å²) in [5, 5.41) is 7.76. The number of hydrogen-bond acceptors (Lipinski definition) is 3. The number of nitrogens with two attached hydrogens (primary N) is 3. The number of benzene rings is 3. The number of rotatable bonds is 4. The molecule has 0 saturated carbocycles. The van der Waals surface area contributed by atoms with E-state index in [0.29, 0.717) is 5.92 Å². The molecule has 1 aliphatic heterocycles. The molecule has 0 fully saturated rings.